The Morgan fingerprint density at radius 1 is 1.05 bits per heavy atom. The van der Waals surface area contributed by atoms with Gasteiger partial charge in [-0.25, -0.2) is 4.98 Å². The maximum absolute atomic E-state index is 6.03. The third kappa shape index (κ3) is 2.05. The van der Waals surface area contributed by atoms with E-state index in [1.54, 1.807) is 0 Å². The average molecular weight is 252 g/mol. The fourth-order valence-electron chi connectivity index (χ4n) is 2.32. The lowest BCUT2D eigenvalue weighted by Gasteiger charge is -2.06. The minimum Gasteiger partial charge on any atom is -0.369 e. The van der Waals surface area contributed by atoms with Gasteiger partial charge in [0.2, 0.25) is 5.95 Å². The van der Waals surface area contributed by atoms with Crippen molar-refractivity contribution in [3.8, 4) is 0 Å². The number of anilines is 1. The van der Waals surface area contributed by atoms with Gasteiger partial charge in [-0.15, -0.1) is 0 Å². The Hall–Kier alpha value is -2.36. The molecular formula is C15H16N4. The Morgan fingerprint density at radius 2 is 1.84 bits per heavy atom. The Balaban J connectivity index is 2.10. The van der Waals surface area contributed by atoms with Gasteiger partial charge in [0.15, 0.2) is 0 Å². The number of para-hydroxylation sites is 1. The van der Waals surface area contributed by atoms with E-state index in [-0.39, 0.29) is 0 Å². The Morgan fingerprint density at radius 3 is 2.63 bits per heavy atom. The summed E-state index contributed by atoms with van der Waals surface area (Å²) in [6, 6.07) is 12.1. The molecule has 0 fully saturated rings. The molecule has 3 aromatic rings. The Labute approximate surface area is 111 Å². The van der Waals surface area contributed by atoms with E-state index in [4.69, 9.17) is 5.73 Å². The van der Waals surface area contributed by atoms with E-state index in [0.717, 1.165) is 28.0 Å². The largest absolute Gasteiger partial charge is 0.369 e. The molecule has 0 spiro atoms. The van der Waals surface area contributed by atoms with Crippen molar-refractivity contribution < 1.29 is 0 Å². The first kappa shape index (κ1) is 11.7. The van der Waals surface area contributed by atoms with Crippen LogP contribution in [0.1, 0.15) is 17.0 Å². The molecule has 2 N–H and O–H groups in total. The standard InChI is InChI=1S/C15H16N4/c1-10-5-3-8-13-14(10)18-15(16)19(13)9-12-7-4-6-11(2)17-12/h3-8H,9H2,1-2H3,(H2,16,18). The van der Waals surface area contributed by atoms with Gasteiger partial charge >= 0.3 is 0 Å². The third-order valence-corrected chi connectivity index (χ3v) is 3.28. The molecule has 3 rings (SSSR count). The van der Waals surface area contributed by atoms with Crippen molar-refractivity contribution in [2.45, 2.75) is 20.4 Å². The summed E-state index contributed by atoms with van der Waals surface area (Å²) in [5.41, 5.74) is 11.2. The lowest BCUT2D eigenvalue weighted by atomic mass is 10.2. The van der Waals surface area contributed by atoms with Gasteiger partial charge in [-0.05, 0) is 37.6 Å². The predicted molar refractivity (Wildman–Crippen MR) is 77.0 cm³/mol. The Bertz CT molecular complexity index is 743. The van der Waals surface area contributed by atoms with Crippen LogP contribution in [0.4, 0.5) is 5.95 Å². The second-order valence-corrected chi connectivity index (χ2v) is 4.77. The Kier molecular flexibility index (Phi) is 2.71. The van der Waals surface area contributed by atoms with Gasteiger partial charge in [0.05, 0.1) is 23.3 Å². The highest BCUT2D eigenvalue weighted by Crippen LogP contribution is 2.21. The molecule has 0 bridgehead atoms. The SMILES string of the molecule is Cc1cccc(Cn2c(N)nc3c(C)cccc32)n1. The number of nitrogens with zero attached hydrogens (tertiary/aromatic N) is 3. The predicted octanol–water partition coefficient (Wildman–Crippen LogP) is 2.68. The van der Waals surface area contributed by atoms with Crippen molar-refractivity contribution in [2.24, 2.45) is 0 Å². The number of rotatable bonds is 2. The minimum absolute atomic E-state index is 0.535. The van der Waals surface area contributed by atoms with E-state index < -0.39 is 0 Å². The molecule has 0 aliphatic carbocycles. The maximum atomic E-state index is 6.03. The maximum Gasteiger partial charge on any atom is 0.201 e. The van der Waals surface area contributed by atoms with Crippen LogP contribution in [-0.2, 0) is 6.54 Å². The van der Waals surface area contributed by atoms with E-state index in [1.165, 1.54) is 0 Å². The molecule has 0 saturated heterocycles. The molecule has 0 amide bonds. The summed E-state index contributed by atoms with van der Waals surface area (Å²) in [6.07, 6.45) is 0. The van der Waals surface area contributed by atoms with Gasteiger partial charge in [-0.3, -0.25) is 4.98 Å². The number of nitrogens with two attached hydrogens (primary N) is 1. The molecule has 0 aliphatic rings. The number of hydrogen-bond donors (Lipinski definition) is 1. The van der Waals surface area contributed by atoms with Crippen LogP contribution < -0.4 is 5.73 Å². The smallest absolute Gasteiger partial charge is 0.201 e. The summed E-state index contributed by atoms with van der Waals surface area (Å²) < 4.78 is 2.00. The van der Waals surface area contributed by atoms with E-state index in [0.29, 0.717) is 12.5 Å². The third-order valence-electron chi connectivity index (χ3n) is 3.28. The molecule has 2 heterocycles. The van der Waals surface area contributed by atoms with Crippen molar-refractivity contribution in [1.29, 1.82) is 0 Å². The lowest BCUT2D eigenvalue weighted by molar-refractivity contribution is 0.804. The quantitative estimate of drug-likeness (QED) is 0.763. The molecule has 4 nitrogen and oxygen atoms in total. The van der Waals surface area contributed by atoms with Gasteiger partial charge in [-0.2, -0.15) is 0 Å². The van der Waals surface area contributed by atoms with Gasteiger partial charge in [0.25, 0.3) is 0 Å². The topological polar surface area (TPSA) is 56.7 Å². The number of pyridine rings is 1. The zero-order valence-corrected chi connectivity index (χ0v) is 11.1. The number of fused-ring (bicyclic) bond motifs is 1. The molecular weight excluding hydrogens is 236 g/mol. The van der Waals surface area contributed by atoms with E-state index in [1.807, 2.05) is 54.8 Å². The van der Waals surface area contributed by atoms with Crippen LogP contribution in [0.2, 0.25) is 0 Å². The number of nitrogen functional groups attached to an aromatic ring is 1. The lowest BCUT2D eigenvalue weighted by Crippen LogP contribution is -2.06. The van der Waals surface area contributed by atoms with Gasteiger partial charge in [0.1, 0.15) is 0 Å². The zero-order chi connectivity index (χ0) is 13.4. The van der Waals surface area contributed by atoms with Crippen LogP contribution in [0.3, 0.4) is 0 Å². The molecule has 0 radical (unpaired) electrons. The normalized spacial score (nSPS) is 11.1. The first-order chi connectivity index (χ1) is 9.15. The van der Waals surface area contributed by atoms with Gasteiger partial charge < -0.3 is 10.3 Å². The van der Waals surface area contributed by atoms with Crippen LogP contribution in [0.5, 0.6) is 0 Å². The molecule has 2 aromatic heterocycles. The molecule has 1 aromatic carbocycles. The van der Waals surface area contributed by atoms with Crippen molar-refractivity contribution in [3.05, 3.63) is 53.3 Å². The number of imidazole rings is 1. The molecule has 96 valence electrons. The van der Waals surface area contributed by atoms with Gasteiger partial charge in [0, 0.05) is 5.69 Å². The first-order valence-electron chi connectivity index (χ1n) is 6.29. The minimum atomic E-state index is 0.535. The zero-order valence-electron chi connectivity index (χ0n) is 11.1. The van der Waals surface area contributed by atoms with Crippen LogP contribution in [-0.4, -0.2) is 14.5 Å². The number of aromatic nitrogens is 3. The molecule has 0 atom stereocenters. The van der Waals surface area contributed by atoms with Crippen LogP contribution in [0, 0.1) is 13.8 Å². The molecule has 4 heteroatoms. The highest BCUT2D eigenvalue weighted by atomic mass is 15.2. The van der Waals surface area contributed by atoms with E-state index in [2.05, 4.69) is 9.97 Å². The summed E-state index contributed by atoms with van der Waals surface area (Å²) in [7, 11) is 0. The highest BCUT2D eigenvalue weighted by Gasteiger charge is 2.10. The van der Waals surface area contributed by atoms with E-state index >= 15 is 0 Å². The highest BCUT2D eigenvalue weighted by molar-refractivity contribution is 5.81. The van der Waals surface area contributed by atoms with E-state index in [9.17, 15) is 0 Å². The summed E-state index contributed by atoms with van der Waals surface area (Å²) >= 11 is 0. The molecule has 0 unspecified atom stereocenters. The van der Waals surface area contributed by atoms with Crippen LogP contribution in [0.25, 0.3) is 11.0 Å². The molecule has 0 saturated carbocycles. The fourth-order valence-corrected chi connectivity index (χ4v) is 2.32. The number of hydrogen-bond acceptors (Lipinski definition) is 3. The summed E-state index contributed by atoms with van der Waals surface area (Å²) in [5.74, 6) is 0.535. The van der Waals surface area contributed by atoms with Crippen molar-refractivity contribution in [2.75, 3.05) is 5.73 Å². The second kappa shape index (κ2) is 4.39. The van der Waals surface area contributed by atoms with Crippen LogP contribution in [0.15, 0.2) is 36.4 Å². The second-order valence-electron chi connectivity index (χ2n) is 4.77. The molecule has 19 heavy (non-hydrogen) atoms. The molecule has 0 aliphatic heterocycles. The monoisotopic (exact) mass is 252 g/mol. The summed E-state index contributed by atoms with van der Waals surface area (Å²) in [6.45, 7) is 4.68. The number of benzene rings is 1. The van der Waals surface area contributed by atoms with Crippen LogP contribution >= 0.6 is 0 Å². The van der Waals surface area contributed by atoms with Crippen molar-refractivity contribution in [1.82, 2.24) is 14.5 Å². The summed E-state index contributed by atoms with van der Waals surface area (Å²) in [5, 5.41) is 0. The average Bonchev–Trinajstić information content (AvgIpc) is 2.69. The fraction of sp³-hybridized carbons (Fsp3) is 0.200. The van der Waals surface area contributed by atoms with Crippen molar-refractivity contribution in [3.63, 3.8) is 0 Å². The van der Waals surface area contributed by atoms with Crippen molar-refractivity contribution >= 4 is 17.0 Å². The van der Waals surface area contributed by atoms with Gasteiger partial charge in [-0.1, -0.05) is 18.2 Å². The number of aryl methyl sites for hydroxylation is 2. The first-order valence-corrected chi connectivity index (χ1v) is 6.29. The summed E-state index contributed by atoms with van der Waals surface area (Å²) in [4.78, 5) is 8.96.